The number of carbonyl (C=O) groups is 1. The van der Waals surface area contributed by atoms with Crippen molar-refractivity contribution in [3.05, 3.63) is 23.3 Å². The summed E-state index contributed by atoms with van der Waals surface area (Å²) in [5.74, 6) is 0.596. The number of rotatable bonds is 4. The predicted molar refractivity (Wildman–Crippen MR) is 67.0 cm³/mol. The van der Waals surface area contributed by atoms with Gasteiger partial charge in [0.05, 0.1) is 20.1 Å². The Morgan fingerprint density at radius 2 is 2.28 bits per heavy atom. The Labute approximate surface area is 107 Å². The SMILES string of the molecule is CCOC(=O)CC1CCc2cc(OC)c(O)cc21. The fourth-order valence-electron chi connectivity index (χ4n) is 2.51. The molecule has 1 unspecified atom stereocenters. The topological polar surface area (TPSA) is 55.8 Å². The smallest absolute Gasteiger partial charge is 0.306 e. The van der Waals surface area contributed by atoms with Crippen molar-refractivity contribution in [2.45, 2.75) is 32.1 Å². The number of hydrogen-bond acceptors (Lipinski definition) is 4. The molecule has 1 aliphatic rings. The van der Waals surface area contributed by atoms with Crippen molar-refractivity contribution in [3.8, 4) is 11.5 Å². The molecule has 0 amide bonds. The first kappa shape index (κ1) is 12.7. The molecular formula is C14H18O4. The van der Waals surface area contributed by atoms with Crippen molar-refractivity contribution in [2.75, 3.05) is 13.7 Å². The highest BCUT2D eigenvalue weighted by Gasteiger charge is 2.26. The second kappa shape index (κ2) is 5.29. The molecule has 1 atom stereocenters. The van der Waals surface area contributed by atoms with Crippen molar-refractivity contribution in [3.63, 3.8) is 0 Å². The molecule has 0 aliphatic heterocycles. The van der Waals surface area contributed by atoms with E-state index in [1.54, 1.807) is 13.0 Å². The standard InChI is InChI=1S/C14H18O4/c1-3-18-14(16)7-10-5-4-9-6-13(17-2)12(15)8-11(9)10/h6,8,10,15H,3-5,7H2,1-2H3. The molecule has 1 aromatic carbocycles. The molecule has 1 aliphatic carbocycles. The summed E-state index contributed by atoms with van der Waals surface area (Å²) in [4.78, 5) is 11.5. The molecule has 98 valence electrons. The highest BCUT2D eigenvalue weighted by atomic mass is 16.5. The molecule has 0 saturated heterocycles. The van der Waals surface area contributed by atoms with Crippen LogP contribution in [0.2, 0.25) is 0 Å². The van der Waals surface area contributed by atoms with E-state index in [9.17, 15) is 9.90 Å². The van der Waals surface area contributed by atoms with Gasteiger partial charge < -0.3 is 14.6 Å². The van der Waals surface area contributed by atoms with Crippen LogP contribution >= 0.6 is 0 Å². The van der Waals surface area contributed by atoms with E-state index in [2.05, 4.69) is 0 Å². The Kier molecular flexibility index (Phi) is 3.75. The highest BCUT2D eigenvalue weighted by molar-refractivity contribution is 5.71. The van der Waals surface area contributed by atoms with Crippen LogP contribution in [0.4, 0.5) is 0 Å². The molecule has 4 heteroatoms. The molecule has 0 aromatic heterocycles. The molecule has 4 nitrogen and oxygen atoms in total. The summed E-state index contributed by atoms with van der Waals surface area (Å²) in [6.45, 7) is 2.21. The van der Waals surface area contributed by atoms with Gasteiger partial charge in [0, 0.05) is 0 Å². The first-order valence-corrected chi connectivity index (χ1v) is 6.21. The van der Waals surface area contributed by atoms with Crippen LogP contribution in [0, 0.1) is 0 Å². The third-order valence-electron chi connectivity index (χ3n) is 3.36. The van der Waals surface area contributed by atoms with Gasteiger partial charge in [-0.25, -0.2) is 0 Å². The van der Waals surface area contributed by atoms with E-state index in [1.807, 2.05) is 6.07 Å². The third kappa shape index (κ3) is 2.42. The van der Waals surface area contributed by atoms with E-state index in [0.717, 1.165) is 24.0 Å². The van der Waals surface area contributed by atoms with E-state index in [0.29, 0.717) is 18.8 Å². The van der Waals surface area contributed by atoms with Gasteiger partial charge in [0.25, 0.3) is 0 Å². The number of ether oxygens (including phenoxy) is 2. The minimum Gasteiger partial charge on any atom is -0.504 e. The highest BCUT2D eigenvalue weighted by Crippen LogP contribution is 2.41. The summed E-state index contributed by atoms with van der Waals surface area (Å²) < 4.78 is 10.1. The van der Waals surface area contributed by atoms with Crippen molar-refractivity contribution < 1.29 is 19.4 Å². The molecule has 0 saturated carbocycles. The number of benzene rings is 1. The third-order valence-corrected chi connectivity index (χ3v) is 3.36. The van der Waals surface area contributed by atoms with Crippen molar-refractivity contribution >= 4 is 5.97 Å². The van der Waals surface area contributed by atoms with Gasteiger partial charge in [0.2, 0.25) is 0 Å². The Bertz CT molecular complexity index is 453. The van der Waals surface area contributed by atoms with E-state index >= 15 is 0 Å². The lowest BCUT2D eigenvalue weighted by Gasteiger charge is -2.12. The summed E-state index contributed by atoms with van der Waals surface area (Å²) in [6, 6.07) is 3.57. The Balaban J connectivity index is 2.18. The maximum absolute atomic E-state index is 11.5. The Hall–Kier alpha value is -1.71. The largest absolute Gasteiger partial charge is 0.504 e. The Morgan fingerprint density at radius 3 is 2.94 bits per heavy atom. The molecule has 0 radical (unpaired) electrons. The fourth-order valence-corrected chi connectivity index (χ4v) is 2.51. The monoisotopic (exact) mass is 250 g/mol. The summed E-state index contributed by atoms with van der Waals surface area (Å²) in [6.07, 6.45) is 2.21. The summed E-state index contributed by atoms with van der Waals surface area (Å²) in [5.41, 5.74) is 2.19. The fraction of sp³-hybridized carbons (Fsp3) is 0.500. The molecule has 1 aromatic rings. The van der Waals surface area contributed by atoms with Gasteiger partial charge in [-0.3, -0.25) is 4.79 Å². The first-order chi connectivity index (χ1) is 8.65. The van der Waals surface area contributed by atoms with E-state index in [1.165, 1.54) is 7.11 Å². The molecule has 0 spiro atoms. The molecule has 0 bridgehead atoms. The van der Waals surface area contributed by atoms with E-state index < -0.39 is 0 Å². The van der Waals surface area contributed by atoms with Gasteiger partial charge in [0.15, 0.2) is 11.5 Å². The number of aromatic hydroxyl groups is 1. The van der Waals surface area contributed by atoms with Gasteiger partial charge >= 0.3 is 5.97 Å². The average Bonchev–Trinajstić information content (AvgIpc) is 2.71. The van der Waals surface area contributed by atoms with Gasteiger partial charge in [-0.1, -0.05) is 0 Å². The normalized spacial score (nSPS) is 17.3. The molecular weight excluding hydrogens is 232 g/mol. The molecule has 18 heavy (non-hydrogen) atoms. The number of hydrogen-bond donors (Lipinski definition) is 1. The number of esters is 1. The number of fused-ring (bicyclic) bond motifs is 1. The lowest BCUT2D eigenvalue weighted by molar-refractivity contribution is -0.143. The van der Waals surface area contributed by atoms with Crippen molar-refractivity contribution in [2.24, 2.45) is 0 Å². The molecule has 0 fully saturated rings. The summed E-state index contributed by atoms with van der Waals surface area (Å²) in [7, 11) is 1.53. The van der Waals surface area contributed by atoms with E-state index in [-0.39, 0.29) is 17.6 Å². The van der Waals surface area contributed by atoms with Crippen LogP contribution in [-0.2, 0) is 16.0 Å². The van der Waals surface area contributed by atoms with Gasteiger partial charge in [-0.2, -0.15) is 0 Å². The number of aryl methyl sites for hydroxylation is 1. The second-order valence-electron chi connectivity index (χ2n) is 4.47. The van der Waals surface area contributed by atoms with Crippen LogP contribution in [0.25, 0.3) is 0 Å². The van der Waals surface area contributed by atoms with E-state index in [4.69, 9.17) is 9.47 Å². The van der Waals surface area contributed by atoms with Gasteiger partial charge in [-0.05, 0) is 48.9 Å². The minimum absolute atomic E-state index is 0.131. The van der Waals surface area contributed by atoms with Crippen LogP contribution in [0.5, 0.6) is 11.5 Å². The number of phenols is 1. The first-order valence-electron chi connectivity index (χ1n) is 6.21. The second-order valence-corrected chi connectivity index (χ2v) is 4.47. The zero-order valence-electron chi connectivity index (χ0n) is 10.7. The zero-order chi connectivity index (χ0) is 13.1. The van der Waals surface area contributed by atoms with Crippen LogP contribution in [0.3, 0.4) is 0 Å². The summed E-state index contributed by atoms with van der Waals surface area (Å²) >= 11 is 0. The van der Waals surface area contributed by atoms with Crippen LogP contribution in [0.1, 0.15) is 36.8 Å². The minimum atomic E-state index is -0.175. The predicted octanol–water partition coefficient (Wildman–Crippen LogP) is 2.38. The average molecular weight is 250 g/mol. The van der Waals surface area contributed by atoms with Crippen molar-refractivity contribution in [1.29, 1.82) is 0 Å². The van der Waals surface area contributed by atoms with Crippen molar-refractivity contribution in [1.82, 2.24) is 0 Å². The number of phenolic OH excluding ortho intramolecular Hbond substituents is 1. The van der Waals surface area contributed by atoms with Crippen LogP contribution < -0.4 is 4.74 Å². The van der Waals surface area contributed by atoms with Gasteiger partial charge in [-0.15, -0.1) is 0 Å². The number of carbonyl (C=O) groups excluding carboxylic acids is 1. The quantitative estimate of drug-likeness (QED) is 0.834. The zero-order valence-corrected chi connectivity index (χ0v) is 10.7. The summed E-state index contributed by atoms with van der Waals surface area (Å²) in [5, 5.41) is 9.79. The number of methoxy groups -OCH3 is 1. The van der Waals surface area contributed by atoms with Crippen LogP contribution in [0.15, 0.2) is 12.1 Å². The van der Waals surface area contributed by atoms with Gasteiger partial charge in [0.1, 0.15) is 0 Å². The lowest BCUT2D eigenvalue weighted by Crippen LogP contribution is -2.08. The molecule has 0 heterocycles. The lowest BCUT2D eigenvalue weighted by atomic mass is 9.97. The van der Waals surface area contributed by atoms with Crippen LogP contribution in [-0.4, -0.2) is 24.8 Å². The Morgan fingerprint density at radius 1 is 1.50 bits per heavy atom. The maximum atomic E-state index is 11.5. The molecule has 1 N–H and O–H groups in total. The molecule has 2 rings (SSSR count). The maximum Gasteiger partial charge on any atom is 0.306 e.